The van der Waals surface area contributed by atoms with Crippen LogP contribution in [-0.4, -0.2) is 63.5 Å². The summed E-state index contributed by atoms with van der Waals surface area (Å²) >= 11 is 0. The van der Waals surface area contributed by atoms with Gasteiger partial charge in [0.25, 0.3) is 0 Å². The second-order valence-electron chi connectivity index (χ2n) is 8.23. The quantitative estimate of drug-likeness (QED) is 0.590. The van der Waals surface area contributed by atoms with Crippen molar-refractivity contribution in [2.45, 2.75) is 25.5 Å². The summed E-state index contributed by atoms with van der Waals surface area (Å²) < 4.78 is 16.6. The van der Waals surface area contributed by atoms with Gasteiger partial charge in [0.2, 0.25) is 5.91 Å². The number of anilines is 1. The maximum atomic E-state index is 13.1. The molecule has 0 aromatic heterocycles. The maximum Gasteiger partial charge on any atom is 0.246 e. The highest BCUT2D eigenvalue weighted by Crippen LogP contribution is 2.20. The largest absolute Gasteiger partial charge is 0.497 e. The van der Waals surface area contributed by atoms with Crippen molar-refractivity contribution >= 4 is 17.7 Å². The second kappa shape index (κ2) is 11.2. The van der Waals surface area contributed by atoms with Crippen molar-refractivity contribution in [1.82, 2.24) is 4.90 Å². The number of nitrogens with zero attached hydrogens (tertiary/aromatic N) is 2. The Labute approximate surface area is 190 Å². The number of amides is 1. The summed E-state index contributed by atoms with van der Waals surface area (Å²) in [6, 6.07) is 16.2. The summed E-state index contributed by atoms with van der Waals surface area (Å²) in [7, 11) is 1.65. The van der Waals surface area contributed by atoms with E-state index >= 15 is 0 Å². The molecule has 0 N–H and O–H groups in total. The normalized spacial score (nSPS) is 18.8. The number of benzene rings is 2. The molecule has 32 heavy (non-hydrogen) atoms. The van der Waals surface area contributed by atoms with Crippen LogP contribution < -0.4 is 9.64 Å². The van der Waals surface area contributed by atoms with Crippen molar-refractivity contribution in [3.63, 3.8) is 0 Å². The van der Waals surface area contributed by atoms with Crippen LogP contribution in [0.25, 0.3) is 6.08 Å². The number of methoxy groups -OCH3 is 1. The Morgan fingerprint density at radius 3 is 2.69 bits per heavy atom. The number of morpholine rings is 1. The number of carbonyl (C=O) groups excluding carboxylic acids is 1. The van der Waals surface area contributed by atoms with Crippen LogP contribution in [0.4, 0.5) is 5.69 Å². The minimum absolute atomic E-state index is 0.0134. The molecule has 1 unspecified atom stereocenters. The van der Waals surface area contributed by atoms with Crippen molar-refractivity contribution in [1.29, 1.82) is 0 Å². The number of carbonyl (C=O) groups is 1. The molecule has 0 saturated carbocycles. The van der Waals surface area contributed by atoms with Gasteiger partial charge in [0.1, 0.15) is 5.75 Å². The fourth-order valence-corrected chi connectivity index (χ4v) is 4.15. The average Bonchev–Trinajstić information content (AvgIpc) is 3.36. The fourth-order valence-electron chi connectivity index (χ4n) is 4.15. The number of hydrogen-bond acceptors (Lipinski definition) is 5. The van der Waals surface area contributed by atoms with E-state index in [4.69, 9.17) is 14.2 Å². The highest BCUT2D eigenvalue weighted by atomic mass is 16.5. The first-order chi connectivity index (χ1) is 15.7. The molecule has 2 aliphatic heterocycles. The first-order valence-electron chi connectivity index (χ1n) is 11.4. The zero-order valence-corrected chi connectivity index (χ0v) is 18.7. The van der Waals surface area contributed by atoms with E-state index < -0.39 is 0 Å². The third-order valence-electron chi connectivity index (χ3n) is 5.95. The van der Waals surface area contributed by atoms with Gasteiger partial charge in [0.05, 0.1) is 26.4 Å². The van der Waals surface area contributed by atoms with Crippen LogP contribution in [-0.2, 0) is 20.8 Å². The van der Waals surface area contributed by atoms with E-state index in [-0.39, 0.29) is 12.0 Å². The molecule has 0 spiro atoms. The van der Waals surface area contributed by atoms with Crippen LogP contribution in [0.1, 0.15) is 24.0 Å². The van der Waals surface area contributed by atoms with Crippen LogP contribution in [0.2, 0.25) is 0 Å². The van der Waals surface area contributed by atoms with E-state index in [2.05, 4.69) is 29.2 Å². The topological polar surface area (TPSA) is 51.2 Å². The first kappa shape index (κ1) is 22.4. The van der Waals surface area contributed by atoms with Crippen LogP contribution in [0.15, 0.2) is 54.6 Å². The van der Waals surface area contributed by atoms with E-state index in [1.807, 2.05) is 35.2 Å². The zero-order valence-electron chi connectivity index (χ0n) is 18.7. The predicted octanol–water partition coefficient (Wildman–Crippen LogP) is 3.75. The Kier molecular flexibility index (Phi) is 7.80. The predicted molar refractivity (Wildman–Crippen MR) is 126 cm³/mol. The molecule has 0 bridgehead atoms. The third kappa shape index (κ3) is 6.11. The van der Waals surface area contributed by atoms with E-state index in [9.17, 15) is 4.79 Å². The molecule has 170 valence electrons. The van der Waals surface area contributed by atoms with Gasteiger partial charge in [-0.15, -0.1) is 0 Å². The summed E-state index contributed by atoms with van der Waals surface area (Å²) in [4.78, 5) is 17.3. The van der Waals surface area contributed by atoms with E-state index in [0.29, 0.717) is 13.1 Å². The van der Waals surface area contributed by atoms with Crippen molar-refractivity contribution in [3.8, 4) is 5.75 Å². The smallest absolute Gasteiger partial charge is 0.246 e. The van der Waals surface area contributed by atoms with E-state index in [1.54, 1.807) is 13.2 Å². The molecular formula is C26H32N2O4. The molecule has 1 atom stereocenters. The summed E-state index contributed by atoms with van der Waals surface area (Å²) in [6.45, 7) is 5.25. The lowest BCUT2D eigenvalue weighted by molar-refractivity contribution is -0.128. The lowest BCUT2D eigenvalue weighted by Gasteiger charge is -2.28. The SMILES string of the molecule is COc1cccc(CN(CC2CCCO2)C(=O)C=Cc2ccc(N3CCOCC3)cc2)c1. The van der Waals surface area contributed by atoms with Gasteiger partial charge in [-0.2, -0.15) is 0 Å². The van der Waals surface area contributed by atoms with Gasteiger partial charge >= 0.3 is 0 Å². The van der Waals surface area contributed by atoms with Crippen molar-refractivity contribution in [2.75, 3.05) is 51.5 Å². The van der Waals surface area contributed by atoms with Gasteiger partial charge in [0, 0.05) is 44.5 Å². The molecule has 2 heterocycles. The second-order valence-corrected chi connectivity index (χ2v) is 8.23. The first-order valence-corrected chi connectivity index (χ1v) is 11.4. The highest BCUT2D eigenvalue weighted by Gasteiger charge is 2.22. The summed E-state index contributed by atoms with van der Waals surface area (Å²) in [5.74, 6) is 0.781. The molecule has 2 aliphatic rings. The molecular weight excluding hydrogens is 404 g/mol. The Balaban J connectivity index is 1.42. The molecule has 0 aliphatic carbocycles. The minimum atomic E-state index is -0.0134. The average molecular weight is 437 g/mol. The van der Waals surface area contributed by atoms with E-state index in [0.717, 1.165) is 62.6 Å². The molecule has 2 aromatic rings. The number of ether oxygens (including phenoxy) is 3. The van der Waals surface area contributed by atoms with Gasteiger partial charge in [-0.1, -0.05) is 24.3 Å². The minimum Gasteiger partial charge on any atom is -0.497 e. The Bertz CT molecular complexity index is 900. The van der Waals surface area contributed by atoms with Gasteiger partial charge in [0.15, 0.2) is 0 Å². The van der Waals surface area contributed by atoms with Crippen LogP contribution in [0, 0.1) is 0 Å². The van der Waals surface area contributed by atoms with Crippen LogP contribution in [0.3, 0.4) is 0 Å². The summed E-state index contributed by atoms with van der Waals surface area (Å²) in [5.41, 5.74) is 3.24. The van der Waals surface area contributed by atoms with Crippen LogP contribution >= 0.6 is 0 Å². The molecule has 0 radical (unpaired) electrons. The Morgan fingerprint density at radius 2 is 1.97 bits per heavy atom. The molecule has 2 fully saturated rings. The third-order valence-corrected chi connectivity index (χ3v) is 5.95. The van der Waals surface area contributed by atoms with Gasteiger partial charge in [-0.3, -0.25) is 4.79 Å². The molecule has 6 nitrogen and oxygen atoms in total. The van der Waals surface area contributed by atoms with Crippen LogP contribution in [0.5, 0.6) is 5.75 Å². The van der Waals surface area contributed by atoms with Gasteiger partial charge in [-0.05, 0) is 54.3 Å². The van der Waals surface area contributed by atoms with Gasteiger partial charge in [-0.25, -0.2) is 0 Å². The maximum absolute atomic E-state index is 13.1. The molecule has 1 amide bonds. The number of rotatable bonds is 8. The van der Waals surface area contributed by atoms with Crippen molar-refractivity contribution in [2.24, 2.45) is 0 Å². The van der Waals surface area contributed by atoms with Crippen molar-refractivity contribution < 1.29 is 19.0 Å². The molecule has 4 rings (SSSR count). The molecule has 6 heteroatoms. The summed E-state index contributed by atoms with van der Waals surface area (Å²) in [6.07, 6.45) is 5.70. The Morgan fingerprint density at radius 1 is 1.16 bits per heavy atom. The zero-order chi connectivity index (χ0) is 22.2. The summed E-state index contributed by atoms with van der Waals surface area (Å²) in [5, 5.41) is 0. The molecule has 2 aromatic carbocycles. The lowest BCUT2D eigenvalue weighted by atomic mass is 10.1. The fraction of sp³-hybridized carbons (Fsp3) is 0.423. The van der Waals surface area contributed by atoms with Crippen molar-refractivity contribution in [3.05, 3.63) is 65.7 Å². The Hall–Kier alpha value is -2.83. The standard InChI is InChI=1S/C26H32N2O4/c1-30-24-5-2-4-22(18-24)19-28(20-25-6-3-15-32-25)26(29)12-9-21-7-10-23(11-8-21)27-13-16-31-17-14-27/h2,4-5,7-12,18,25H,3,6,13-17,19-20H2,1H3. The van der Waals surface area contributed by atoms with E-state index in [1.165, 1.54) is 5.69 Å². The monoisotopic (exact) mass is 436 g/mol. The highest BCUT2D eigenvalue weighted by molar-refractivity contribution is 5.91. The van der Waals surface area contributed by atoms with Gasteiger partial charge < -0.3 is 24.0 Å². The number of hydrogen-bond donors (Lipinski definition) is 0. The molecule has 2 saturated heterocycles. The lowest BCUT2D eigenvalue weighted by Crippen LogP contribution is -2.36.